The highest BCUT2D eigenvalue weighted by molar-refractivity contribution is 6.30. The summed E-state index contributed by atoms with van der Waals surface area (Å²) in [4.78, 5) is 10.9. The summed E-state index contributed by atoms with van der Waals surface area (Å²) in [5, 5.41) is 16.7. The van der Waals surface area contributed by atoms with Crippen molar-refractivity contribution in [2.75, 3.05) is 5.32 Å². The summed E-state index contributed by atoms with van der Waals surface area (Å²) in [6.45, 7) is 0. The molecule has 0 atom stereocenters. The topological polar surface area (TPSA) is 55.2 Å². The Morgan fingerprint density at radius 2 is 1.67 bits per heavy atom. The molecule has 0 amide bonds. The minimum Gasteiger partial charge on any atom is -0.349 e. The van der Waals surface area contributed by atoms with Crippen LogP contribution in [0.15, 0.2) is 60.7 Å². The summed E-state index contributed by atoms with van der Waals surface area (Å²) in [5.74, 6) is 0. The van der Waals surface area contributed by atoms with Crippen molar-refractivity contribution in [1.82, 2.24) is 0 Å². The van der Waals surface area contributed by atoms with Crippen LogP contribution in [-0.2, 0) is 0 Å². The summed E-state index contributed by atoms with van der Waals surface area (Å²) >= 11 is 5.86. The lowest BCUT2D eigenvalue weighted by Gasteiger charge is -2.10. The zero-order valence-electron chi connectivity index (χ0n) is 10.9. The molecule has 104 valence electrons. The summed E-state index contributed by atoms with van der Waals surface area (Å²) in [5.41, 5.74) is 1.28. The summed E-state index contributed by atoms with van der Waals surface area (Å²) in [7, 11) is 0. The maximum Gasteiger partial charge on any atom is 0.293 e. The van der Waals surface area contributed by atoms with Gasteiger partial charge in [-0.05, 0) is 35.7 Å². The first-order valence-corrected chi connectivity index (χ1v) is 6.72. The number of benzene rings is 3. The number of nitrogens with zero attached hydrogens (tertiary/aromatic N) is 1. The van der Waals surface area contributed by atoms with Crippen LogP contribution >= 0.6 is 11.6 Å². The van der Waals surface area contributed by atoms with Crippen LogP contribution in [0.2, 0.25) is 5.02 Å². The number of nitrogens with one attached hydrogen (secondary N) is 1. The second kappa shape index (κ2) is 5.42. The van der Waals surface area contributed by atoms with Gasteiger partial charge in [-0.3, -0.25) is 10.1 Å². The summed E-state index contributed by atoms with van der Waals surface area (Å²) in [6.07, 6.45) is 0. The molecule has 4 nitrogen and oxygen atoms in total. The van der Waals surface area contributed by atoms with E-state index in [1.165, 1.54) is 6.07 Å². The van der Waals surface area contributed by atoms with Crippen molar-refractivity contribution >= 4 is 39.4 Å². The number of hydrogen-bond donors (Lipinski definition) is 1. The van der Waals surface area contributed by atoms with E-state index in [1.54, 1.807) is 30.3 Å². The van der Waals surface area contributed by atoms with E-state index in [2.05, 4.69) is 5.32 Å². The van der Waals surface area contributed by atoms with Crippen LogP contribution in [0.1, 0.15) is 0 Å². The van der Waals surface area contributed by atoms with E-state index in [0.29, 0.717) is 10.7 Å². The van der Waals surface area contributed by atoms with Gasteiger partial charge in [-0.1, -0.05) is 35.9 Å². The lowest BCUT2D eigenvalue weighted by Crippen LogP contribution is -1.98. The predicted molar refractivity (Wildman–Crippen MR) is 85.3 cm³/mol. The third kappa shape index (κ3) is 2.66. The molecule has 0 heterocycles. The fourth-order valence-corrected chi connectivity index (χ4v) is 2.35. The molecule has 0 bridgehead atoms. The first-order chi connectivity index (χ1) is 10.1. The molecular formula is C16H11ClN2O2. The summed E-state index contributed by atoms with van der Waals surface area (Å²) in [6, 6.07) is 17.9. The normalized spacial score (nSPS) is 10.5. The van der Waals surface area contributed by atoms with E-state index in [1.807, 2.05) is 24.3 Å². The Balaban J connectivity index is 2.16. The van der Waals surface area contributed by atoms with Gasteiger partial charge in [-0.2, -0.15) is 0 Å². The predicted octanol–water partition coefficient (Wildman–Crippen LogP) is 5.15. The quantitative estimate of drug-likeness (QED) is 0.537. The van der Waals surface area contributed by atoms with Crippen LogP contribution in [0, 0.1) is 10.1 Å². The Labute approximate surface area is 126 Å². The highest BCUT2D eigenvalue weighted by Crippen LogP contribution is 2.35. The van der Waals surface area contributed by atoms with Crippen molar-refractivity contribution in [3.63, 3.8) is 0 Å². The van der Waals surface area contributed by atoms with Gasteiger partial charge in [0.05, 0.1) is 4.92 Å². The van der Waals surface area contributed by atoms with Crippen molar-refractivity contribution in [1.29, 1.82) is 0 Å². The SMILES string of the molecule is O=[N+]([O-])c1ccc2ccccc2c1Nc1ccc(Cl)cc1. The van der Waals surface area contributed by atoms with Crippen molar-refractivity contribution in [2.24, 2.45) is 0 Å². The largest absolute Gasteiger partial charge is 0.349 e. The van der Waals surface area contributed by atoms with Gasteiger partial charge < -0.3 is 5.32 Å². The first kappa shape index (κ1) is 13.4. The molecule has 1 N–H and O–H groups in total. The van der Waals surface area contributed by atoms with E-state index in [4.69, 9.17) is 11.6 Å². The lowest BCUT2D eigenvalue weighted by atomic mass is 10.1. The number of hydrogen-bond acceptors (Lipinski definition) is 3. The van der Waals surface area contributed by atoms with Gasteiger partial charge in [0.2, 0.25) is 0 Å². The molecule has 0 saturated heterocycles. The molecular weight excluding hydrogens is 288 g/mol. The van der Waals surface area contributed by atoms with Crippen LogP contribution < -0.4 is 5.32 Å². The van der Waals surface area contributed by atoms with E-state index < -0.39 is 0 Å². The highest BCUT2D eigenvalue weighted by Gasteiger charge is 2.16. The molecule has 21 heavy (non-hydrogen) atoms. The molecule has 3 aromatic rings. The van der Waals surface area contributed by atoms with E-state index in [-0.39, 0.29) is 10.6 Å². The Morgan fingerprint density at radius 1 is 0.952 bits per heavy atom. The molecule has 3 aromatic carbocycles. The number of nitro benzene ring substituents is 1. The fraction of sp³-hybridized carbons (Fsp3) is 0. The van der Waals surface area contributed by atoms with Crippen molar-refractivity contribution in [3.8, 4) is 0 Å². The minimum absolute atomic E-state index is 0.0450. The van der Waals surface area contributed by atoms with Crippen LogP contribution in [0.25, 0.3) is 10.8 Å². The van der Waals surface area contributed by atoms with Crippen LogP contribution in [0.5, 0.6) is 0 Å². The molecule has 0 aliphatic heterocycles. The third-order valence-electron chi connectivity index (χ3n) is 3.22. The highest BCUT2D eigenvalue weighted by atomic mass is 35.5. The molecule has 0 unspecified atom stereocenters. The van der Waals surface area contributed by atoms with Gasteiger partial charge in [0.25, 0.3) is 5.69 Å². The molecule has 0 aromatic heterocycles. The zero-order valence-corrected chi connectivity index (χ0v) is 11.7. The van der Waals surface area contributed by atoms with E-state index in [9.17, 15) is 10.1 Å². The molecule has 0 saturated carbocycles. The Hall–Kier alpha value is -2.59. The standard InChI is InChI=1S/C16H11ClN2O2/c17-12-6-8-13(9-7-12)18-16-14-4-2-1-3-11(14)5-10-15(16)19(20)21/h1-10,18H. The average molecular weight is 299 g/mol. The molecule has 0 spiro atoms. The molecule has 0 fully saturated rings. The van der Waals surface area contributed by atoms with Gasteiger partial charge in [0, 0.05) is 22.2 Å². The number of fused-ring (bicyclic) bond motifs is 1. The van der Waals surface area contributed by atoms with Crippen molar-refractivity contribution < 1.29 is 4.92 Å². The molecule has 3 rings (SSSR count). The maximum atomic E-state index is 11.3. The monoisotopic (exact) mass is 298 g/mol. The minimum atomic E-state index is -0.384. The smallest absolute Gasteiger partial charge is 0.293 e. The van der Waals surface area contributed by atoms with Gasteiger partial charge in [0.1, 0.15) is 5.69 Å². The fourth-order valence-electron chi connectivity index (χ4n) is 2.22. The van der Waals surface area contributed by atoms with E-state index in [0.717, 1.165) is 16.5 Å². The molecule has 0 radical (unpaired) electrons. The first-order valence-electron chi connectivity index (χ1n) is 6.34. The number of rotatable bonds is 3. The Bertz CT molecular complexity index is 816. The Morgan fingerprint density at radius 3 is 2.38 bits per heavy atom. The lowest BCUT2D eigenvalue weighted by molar-refractivity contribution is -0.383. The number of anilines is 2. The number of halogens is 1. The van der Waals surface area contributed by atoms with Crippen LogP contribution in [0.4, 0.5) is 17.1 Å². The van der Waals surface area contributed by atoms with E-state index >= 15 is 0 Å². The maximum absolute atomic E-state index is 11.3. The third-order valence-corrected chi connectivity index (χ3v) is 3.47. The van der Waals surface area contributed by atoms with Crippen LogP contribution in [0.3, 0.4) is 0 Å². The second-order valence-corrected chi connectivity index (χ2v) is 5.01. The average Bonchev–Trinajstić information content (AvgIpc) is 2.49. The molecule has 0 aliphatic carbocycles. The van der Waals surface area contributed by atoms with Crippen LogP contribution in [-0.4, -0.2) is 4.92 Å². The van der Waals surface area contributed by atoms with Crippen molar-refractivity contribution in [2.45, 2.75) is 0 Å². The van der Waals surface area contributed by atoms with Gasteiger partial charge in [-0.15, -0.1) is 0 Å². The Kier molecular flexibility index (Phi) is 3.46. The van der Waals surface area contributed by atoms with Gasteiger partial charge in [-0.25, -0.2) is 0 Å². The summed E-state index contributed by atoms with van der Waals surface area (Å²) < 4.78 is 0. The number of nitro groups is 1. The van der Waals surface area contributed by atoms with Gasteiger partial charge in [0.15, 0.2) is 0 Å². The second-order valence-electron chi connectivity index (χ2n) is 4.57. The zero-order chi connectivity index (χ0) is 14.8. The molecule has 0 aliphatic rings. The van der Waals surface area contributed by atoms with Crippen molar-refractivity contribution in [3.05, 3.63) is 75.8 Å². The van der Waals surface area contributed by atoms with Gasteiger partial charge >= 0.3 is 0 Å². The molecule has 5 heteroatoms.